The smallest absolute Gasteiger partial charge is 0.228 e. The first kappa shape index (κ1) is 12.5. The van der Waals surface area contributed by atoms with Crippen LogP contribution in [0.15, 0.2) is 18.2 Å². The van der Waals surface area contributed by atoms with Crippen LogP contribution in [-0.2, 0) is 11.2 Å². The van der Waals surface area contributed by atoms with Gasteiger partial charge >= 0.3 is 0 Å². The van der Waals surface area contributed by atoms with Gasteiger partial charge < -0.3 is 15.5 Å². The molecule has 4 heteroatoms. The summed E-state index contributed by atoms with van der Waals surface area (Å²) in [6.07, 6.45) is 4.31. The lowest BCUT2D eigenvalue weighted by Gasteiger charge is -2.22. The number of fused-ring (bicyclic) bond motifs is 1. The maximum atomic E-state index is 11.3. The summed E-state index contributed by atoms with van der Waals surface area (Å²) in [6.45, 7) is 2.22. The van der Waals surface area contributed by atoms with Gasteiger partial charge in [-0.1, -0.05) is 0 Å². The zero-order valence-corrected chi connectivity index (χ0v) is 11.4. The molecular weight excluding hydrogens is 238 g/mol. The van der Waals surface area contributed by atoms with Crippen LogP contribution in [0, 0.1) is 0 Å². The molecule has 4 nitrogen and oxygen atoms in total. The normalized spacial score (nSPS) is 21.3. The molecule has 102 valence electrons. The van der Waals surface area contributed by atoms with Crippen molar-refractivity contribution in [3.8, 4) is 0 Å². The van der Waals surface area contributed by atoms with Gasteiger partial charge in [0.25, 0.3) is 0 Å². The third-order valence-corrected chi connectivity index (χ3v) is 4.13. The molecule has 0 radical (unpaired) electrons. The minimum Gasteiger partial charge on any atom is -0.375 e. The molecule has 0 bridgehead atoms. The number of hydrogen-bond donors (Lipinski definition) is 2. The lowest BCUT2D eigenvalue weighted by Crippen LogP contribution is -2.28. The van der Waals surface area contributed by atoms with Crippen LogP contribution in [0.2, 0.25) is 0 Å². The van der Waals surface area contributed by atoms with E-state index < -0.39 is 0 Å². The first-order valence-electron chi connectivity index (χ1n) is 7.10. The van der Waals surface area contributed by atoms with Crippen LogP contribution in [0.3, 0.4) is 0 Å². The first-order valence-corrected chi connectivity index (χ1v) is 7.10. The Balaban J connectivity index is 1.62. The van der Waals surface area contributed by atoms with Crippen LogP contribution >= 0.6 is 0 Å². The average molecular weight is 259 g/mol. The monoisotopic (exact) mass is 259 g/mol. The van der Waals surface area contributed by atoms with Gasteiger partial charge in [-0.05, 0) is 49.6 Å². The van der Waals surface area contributed by atoms with Gasteiger partial charge in [0.2, 0.25) is 5.91 Å². The van der Waals surface area contributed by atoms with Crippen LogP contribution in [0.5, 0.6) is 0 Å². The second-order valence-corrected chi connectivity index (χ2v) is 5.57. The van der Waals surface area contributed by atoms with Crippen molar-refractivity contribution in [2.75, 3.05) is 30.4 Å². The predicted molar refractivity (Wildman–Crippen MR) is 77.7 cm³/mol. The van der Waals surface area contributed by atoms with Gasteiger partial charge in [0.05, 0.1) is 6.42 Å². The van der Waals surface area contributed by atoms with E-state index in [9.17, 15) is 4.79 Å². The molecule has 0 spiro atoms. The fourth-order valence-electron chi connectivity index (χ4n) is 2.93. The van der Waals surface area contributed by atoms with Gasteiger partial charge in [0.1, 0.15) is 0 Å². The molecule has 1 amide bonds. The van der Waals surface area contributed by atoms with E-state index in [0.717, 1.165) is 17.8 Å². The zero-order chi connectivity index (χ0) is 13.2. The number of nitrogens with zero attached hydrogens (tertiary/aromatic N) is 1. The number of anilines is 2. The number of benzene rings is 1. The number of amides is 1. The summed E-state index contributed by atoms with van der Waals surface area (Å²) in [5, 5.41) is 6.40. The van der Waals surface area contributed by atoms with Crippen molar-refractivity contribution in [1.82, 2.24) is 5.32 Å². The highest BCUT2D eigenvalue weighted by atomic mass is 16.1. The van der Waals surface area contributed by atoms with Crippen molar-refractivity contribution in [2.24, 2.45) is 0 Å². The molecule has 2 aliphatic rings. The highest BCUT2D eigenvalue weighted by molar-refractivity contribution is 5.99. The van der Waals surface area contributed by atoms with Crippen LogP contribution in [0.25, 0.3) is 0 Å². The standard InChI is InChI=1S/C15H21N3O/c1-18(8-6-12-3-2-7-16-12)13-4-5-14-11(9-13)10-15(19)17-14/h4-5,9,12,16H,2-3,6-8,10H2,1H3,(H,17,19). The van der Waals surface area contributed by atoms with Crippen LogP contribution in [0.1, 0.15) is 24.8 Å². The van der Waals surface area contributed by atoms with E-state index in [0.29, 0.717) is 12.5 Å². The zero-order valence-electron chi connectivity index (χ0n) is 11.4. The molecule has 2 N–H and O–H groups in total. The minimum atomic E-state index is 0.102. The summed E-state index contributed by atoms with van der Waals surface area (Å²) < 4.78 is 0. The molecule has 1 aromatic rings. The Morgan fingerprint density at radius 1 is 1.42 bits per heavy atom. The maximum absolute atomic E-state index is 11.3. The van der Waals surface area contributed by atoms with Gasteiger partial charge in [0, 0.05) is 31.0 Å². The SMILES string of the molecule is CN(CCC1CCCN1)c1ccc2c(c1)CC(=O)N2. The van der Waals surface area contributed by atoms with E-state index in [4.69, 9.17) is 0 Å². The van der Waals surface area contributed by atoms with E-state index >= 15 is 0 Å². The lowest BCUT2D eigenvalue weighted by atomic mass is 10.1. The number of hydrogen-bond acceptors (Lipinski definition) is 3. The molecule has 2 heterocycles. The van der Waals surface area contributed by atoms with E-state index in [1.807, 2.05) is 6.07 Å². The second-order valence-electron chi connectivity index (χ2n) is 5.57. The summed E-state index contributed by atoms with van der Waals surface area (Å²) in [4.78, 5) is 13.6. The first-order chi connectivity index (χ1) is 9.22. The summed E-state index contributed by atoms with van der Waals surface area (Å²) in [6, 6.07) is 6.92. The number of carbonyl (C=O) groups excluding carboxylic acids is 1. The molecule has 1 fully saturated rings. The second kappa shape index (κ2) is 5.21. The topological polar surface area (TPSA) is 44.4 Å². The van der Waals surface area contributed by atoms with Gasteiger partial charge in [-0.2, -0.15) is 0 Å². The number of nitrogens with one attached hydrogen (secondary N) is 2. The maximum Gasteiger partial charge on any atom is 0.228 e. The fraction of sp³-hybridized carbons (Fsp3) is 0.533. The fourth-order valence-corrected chi connectivity index (χ4v) is 2.93. The van der Waals surface area contributed by atoms with Crippen molar-refractivity contribution >= 4 is 17.3 Å². The Hall–Kier alpha value is -1.55. The van der Waals surface area contributed by atoms with Crippen LogP contribution in [0.4, 0.5) is 11.4 Å². The molecular formula is C15H21N3O. The van der Waals surface area contributed by atoms with Crippen molar-refractivity contribution in [1.29, 1.82) is 0 Å². The molecule has 0 saturated carbocycles. The molecule has 1 atom stereocenters. The van der Waals surface area contributed by atoms with E-state index in [2.05, 4.69) is 34.7 Å². The van der Waals surface area contributed by atoms with E-state index in [1.165, 1.54) is 31.5 Å². The van der Waals surface area contributed by atoms with Gasteiger partial charge in [-0.15, -0.1) is 0 Å². The van der Waals surface area contributed by atoms with Crippen molar-refractivity contribution < 1.29 is 4.79 Å². The molecule has 3 rings (SSSR count). The summed E-state index contributed by atoms with van der Waals surface area (Å²) in [7, 11) is 2.13. The highest BCUT2D eigenvalue weighted by Crippen LogP contribution is 2.27. The van der Waals surface area contributed by atoms with Crippen LogP contribution in [-0.4, -0.2) is 32.1 Å². The Morgan fingerprint density at radius 3 is 3.11 bits per heavy atom. The molecule has 19 heavy (non-hydrogen) atoms. The lowest BCUT2D eigenvalue weighted by molar-refractivity contribution is -0.115. The molecule has 0 aromatic heterocycles. The average Bonchev–Trinajstić information content (AvgIpc) is 3.02. The molecule has 2 aliphatic heterocycles. The van der Waals surface area contributed by atoms with Gasteiger partial charge in [0.15, 0.2) is 0 Å². The van der Waals surface area contributed by atoms with E-state index in [-0.39, 0.29) is 5.91 Å². The Bertz CT molecular complexity index is 480. The summed E-state index contributed by atoms with van der Waals surface area (Å²) in [5.74, 6) is 0.102. The van der Waals surface area contributed by atoms with Gasteiger partial charge in [-0.3, -0.25) is 4.79 Å². The summed E-state index contributed by atoms with van der Waals surface area (Å²) >= 11 is 0. The minimum absolute atomic E-state index is 0.102. The highest BCUT2D eigenvalue weighted by Gasteiger charge is 2.19. The van der Waals surface area contributed by atoms with Crippen molar-refractivity contribution in [3.05, 3.63) is 23.8 Å². The number of rotatable bonds is 4. The third-order valence-electron chi connectivity index (χ3n) is 4.13. The summed E-state index contributed by atoms with van der Waals surface area (Å²) in [5.41, 5.74) is 3.29. The number of carbonyl (C=O) groups is 1. The predicted octanol–water partition coefficient (Wildman–Crippen LogP) is 1.76. The Labute approximate surface area is 114 Å². The quantitative estimate of drug-likeness (QED) is 0.866. The van der Waals surface area contributed by atoms with Crippen molar-refractivity contribution in [2.45, 2.75) is 31.7 Å². The Kier molecular flexibility index (Phi) is 3.42. The van der Waals surface area contributed by atoms with Crippen molar-refractivity contribution in [3.63, 3.8) is 0 Å². The molecule has 1 saturated heterocycles. The third kappa shape index (κ3) is 2.73. The molecule has 1 unspecified atom stereocenters. The van der Waals surface area contributed by atoms with Crippen LogP contribution < -0.4 is 15.5 Å². The largest absolute Gasteiger partial charge is 0.375 e. The van der Waals surface area contributed by atoms with Gasteiger partial charge in [-0.25, -0.2) is 0 Å². The Morgan fingerprint density at radius 2 is 2.32 bits per heavy atom. The molecule has 1 aromatic carbocycles. The van der Waals surface area contributed by atoms with E-state index in [1.54, 1.807) is 0 Å². The molecule has 0 aliphatic carbocycles.